The van der Waals surface area contributed by atoms with Crippen LogP contribution in [0.1, 0.15) is 23.6 Å². The molecule has 0 aliphatic carbocycles. The van der Waals surface area contributed by atoms with Crippen LogP contribution in [0.5, 0.6) is 0 Å². The van der Waals surface area contributed by atoms with Crippen LogP contribution in [-0.4, -0.2) is 24.9 Å². The molecule has 0 fully saturated rings. The molecule has 2 aromatic carbocycles. The number of carbonyl (C=O) groups excluding carboxylic acids is 2. The Kier molecular flexibility index (Phi) is 6.13. The van der Waals surface area contributed by atoms with E-state index < -0.39 is 0 Å². The average molecular weight is 324 g/mol. The fraction of sp³-hybridized carbons (Fsp3) is 0.300. The summed E-state index contributed by atoms with van der Waals surface area (Å²) in [5.74, 6) is -0.0695. The minimum absolute atomic E-state index is 0.0339. The number of amides is 2. The molecular formula is C20H24N2O2. The normalized spacial score (nSPS) is 10.3. The minimum atomic E-state index is -0.0356. The molecule has 0 spiro atoms. The van der Waals surface area contributed by atoms with Gasteiger partial charge in [0.1, 0.15) is 0 Å². The highest BCUT2D eigenvalue weighted by Gasteiger charge is 2.12. The summed E-state index contributed by atoms with van der Waals surface area (Å²) in [5.41, 5.74) is 4.12. The lowest BCUT2D eigenvalue weighted by molar-refractivity contribution is -0.121. The first-order valence-electron chi connectivity index (χ1n) is 8.13. The maximum Gasteiger partial charge on any atom is 0.224 e. The van der Waals surface area contributed by atoms with Gasteiger partial charge in [0, 0.05) is 25.7 Å². The van der Waals surface area contributed by atoms with Crippen LogP contribution in [0.25, 0.3) is 0 Å². The predicted molar refractivity (Wildman–Crippen MR) is 97.1 cm³/mol. The fourth-order valence-corrected chi connectivity index (χ4v) is 2.53. The number of hydrogen-bond donors (Lipinski definition) is 1. The molecule has 0 saturated heterocycles. The van der Waals surface area contributed by atoms with Gasteiger partial charge in [0.05, 0.1) is 6.42 Å². The number of hydrogen-bond acceptors (Lipinski definition) is 2. The second kappa shape index (κ2) is 8.29. The summed E-state index contributed by atoms with van der Waals surface area (Å²) < 4.78 is 0. The van der Waals surface area contributed by atoms with Crippen molar-refractivity contribution in [2.45, 2.75) is 27.2 Å². The lowest BCUT2D eigenvalue weighted by Crippen LogP contribution is -2.38. The van der Waals surface area contributed by atoms with Crippen molar-refractivity contribution in [3.8, 4) is 0 Å². The molecule has 126 valence electrons. The lowest BCUT2D eigenvalue weighted by atomic mass is 10.1. The molecule has 0 radical (unpaired) electrons. The van der Waals surface area contributed by atoms with E-state index in [-0.39, 0.29) is 11.8 Å². The Morgan fingerprint density at radius 3 is 2.33 bits per heavy atom. The first kappa shape index (κ1) is 17.7. The number of nitrogens with zero attached hydrogens (tertiary/aromatic N) is 1. The van der Waals surface area contributed by atoms with Crippen molar-refractivity contribution in [1.29, 1.82) is 0 Å². The Morgan fingerprint density at radius 1 is 1.00 bits per heavy atom. The quantitative estimate of drug-likeness (QED) is 0.888. The van der Waals surface area contributed by atoms with E-state index in [0.717, 1.165) is 16.8 Å². The molecule has 1 N–H and O–H groups in total. The molecule has 0 saturated carbocycles. The highest BCUT2D eigenvalue weighted by molar-refractivity contribution is 5.91. The minimum Gasteiger partial charge on any atom is -0.354 e. The first-order chi connectivity index (χ1) is 11.5. The van der Waals surface area contributed by atoms with Crippen LogP contribution >= 0.6 is 0 Å². The topological polar surface area (TPSA) is 49.4 Å². The lowest BCUT2D eigenvalue weighted by Gasteiger charge is -2.21. The van der Waals surface area contributed by atoms with Gasteiger partial charge in [-0.3, -0.25) is 9.59 Å². The third-order valence-electron chi connectivity index (χ3n) is 3.84. The van der Waals surface area contributed by atoms with Crippen LogP contribution in [0.4, 0.5) is 5.69 Å². The number of anilines is 1. The summed E-state index contributed by atoms with van der Waals surface area (Å²) in [5, 5.41) is 2.88. The molecule has 24 heavy (non-hydrogen) atoms. The van der Waals surface area contributed by atoms with E-state index in [1.54, 1.807) is 4.90 Å². The van der Waals surface area contributed by atoms with Crippen LogP contribution in [0, 0.1) is 13.8 Å². The maximum atomic E-state index is 12.0. The van der Waals surface area contributed by atoms with Gasteiger partial charge in [-0.2, -0.15) is 0 Å². The highest BCUT2D eigenvalue weighted by atomic mass is 16.2. The number of rotatable bonds is 6. The van der Waals surface area contributed by atoms with Crippen molar-refractivity contribution < 1.29 is 9.59 Å². The Bertz CT molecular complexity index is 708. The molecule has 0 aliphatic heterocycles. The Balaban J connectivity index is 1.87. The standard InChI is InChI=1S/C20H24N2O2/c1-15-7-9-18(10-8-15)14-20(24)21-11-12-22(17(3)23)19-6-4-5-16(2)13-19/h4-10,13H,11-12,14H2,1-3H3,(H,21,24). The number of aryl methyl sites for hydroxylation is 2. The molecule has 0 heterocycles. The molecule has 4 nitrogen and oxygen atoms in total. The molecular weight excluding hydrogens is 300 g/mol. The van der Waals surface area contributed by atoms with E-state index in [4.69, 9.17) is 0 Å². The van der Waals surface area contributed by atoms with Crippen molar-refractivity contribution >= 4 is 17.5 Å². The van der Waals surface area contributed by atoms with Crippen LogP contribution in [0.3, 0.4) is 0 Å². The summed E-state index contributed by atoms with van der Waals surface area (Å²) >= 11 is 0. The summed E-state index contributed by atoms with van der Waals surface area (Å²) in [7, 11) is 0. The predicted octanol–water partition coefficient (Wildman–Crippen LogP) is 3.02. The first-order valence-corrected chi connectivity index (χ1v) is 8.13. The summed E-state index contributed by atoms with van der Waals surface area (Å²) in [6.45, 7) is 6.43. The zero-order valence-electron chi connectivity index (χ0n) is 14.5. The Hall–Kier alpha value is -2.62. The Morgan fingerprint density at radius 2 is 1.71 bits per heavy atom. The van der Waals surface area contributed by atoms with Crippen molar-refractivity contribution in [1.82, 2.24) is 5.32 Å². The van der Waals surface area contributed by atoms with Gasteiger partial charge < -0.3 is 10.2 Å². The highest BCUT2D eigenvalue weighted by Crippen LogP contribution is 2.15. The molecule has 0 aliphatic rings. The van der Waals surface area contributed by atoms with Crippen molar-refractivity contribution in [3.05, 3.63) is 65.2 Å². The molecule has 4 heteroatoms. The molecule has 2 rings (SSSR count). The monoisotopic (exact) mass is 324 g/mol. The number of nitrogens with one attached hydrogen (secondary N) is 1. The van der Waals surface area contributed by atoms with Gasteiger partial charge in [0.2, 0.25) is 11.8 Å². The molecule has 2 amide bonds. The van der Waals surface area contributed by atoms with E-state index in [1.807, 2.05) is 62.4 Å². The van der Waals surface area contributed by atoms with E-state index >= 15 is 0 Å². The van der Waals surface area contributed by atoms with Gasteiger partial charge >= 0.3 is 0 Å². The smallest absolute Gasteiger partial charge is 0.224 e. The van der Waals surface area contributed by atoms with E-state index in [0.29, 0.717) is 19.5 Å². The van der Waals surface area contributed by atoms with Gasteiger partial charge in [-0.15, -0.1) is 0 Å². The zero-order valence-corrected chi connectivity index (χ0v) is 14.5. The molecule has 0 atom stereocenters. The van der Waals surface area contributed by atoms with Crippen LogP contribution in [-0.2, 0) is 16.0 Å². The van der Waals surface area contributed by atoms with Gasteiger partial charge in [0.25, 0.3) is 0 Å². The van der Waals surface area contributed by atoms with E-state index in [1.165, 1.54) is 12.5 Å². The van der Waals surface area contributed by atoms with Crippen LogP contribution in [0.2, 0.25) is 0 Å². The third-order valence-corrected chi connectivity index (χ3v) is 3.84. The van der Waals surface area contributed by atoms with E-state index in [2.05, 4.69) is 5.32 Å². The molecule has 0 unspecified atom stereocenters. The van der Waals surface area contributed by atoms with Crippen molar-refractivity contribution in [2.24, 2.45) is 0 Å². The van der Waals surface area contributed by atoms with Gasteiger partial charge in [-0.25, -0.2) is 0 Å². The summed E-state index contributed by atoms with van der Waals surface area (Å²) in [6.07, 6.45) is 0.352. The van der Waals surface area contributed by atoms with E-state index in [9.17, 15) is 9.59 Å². The third kappa shape index (κ3) is 5.23. The maximum absolute atomic E-state index is 12.0. The molecule has 0 bridgehead atoms. The van der Waals surface area contributed by atoms with Crippen LogP contribution < -0.4 is 10.2 Å². The average Bonchev–Trinajstić information content (AvgIpc) is 2.53. The largest absolute Gasteiger partial charge is 0.354 e. The zero-order chi connectivity index (χ0) is 17.5. The molecule has 2 aromatic rings. The van der Waals surface area contributed by atoms with Crippen molar-refractivity contribution in [3.63, 3.8) is 0 Å². The Labute approximate surface area is 143 Å². The SMILES string of the molecule is CC(=O)N(CCNC(=O)Cc1ccc(C)cc1)c1cccc(C)c1. The van der Waals surface area contributed by atoms with Crippen molar-refractivity contribution in [2.75, 3.05) is 18.0 Å². The summed E-state index contributed by atoms with van der Waals surface area (Å²) in [6, 6.07) is 15.7. The second-order valence-electron chi connectivity index (χ2n) is 6.02. The van der Waals surface area contributed by atoms with Gasteiger partial charge in [-0.05, 0) is 37.1 Å². The number of carbonyl (C=O) groups is 2. The number of benzene rings is 2. The van der Waals surface area contributed by atoms with Gasteiger partial charge in [-0.1, -0.05) is 42.0 Å². The molecule has 0 aromatic heterocycles. The summed E-state index contributed by atoms with van der Waals surface area (Å²) in [4.78, 5) is 25.6. The van der Waals surface area contributed by atoms with Gasteiger partial charge in [0.15, 0.2) is 0 Å². The fourth-order valence-electron chi connectivity index (χ4n) is 2.53. The van der Waals surface area contributed by atoms with Crippen LogP contribution in [0.15, 0.2) is 48.5 Å². The second-order valence-corrected chi connectivity index (χ2v) is 6.02.